The lowest BCUT2D eigenvalue weighted by Crippen LogP contribution is -2.39. The minimum atomic E-state index is -4.98. The molecule has 0 spiro atoms. The lowest BCUT2D eigenvalue weighted by molar-refractivity contribution is -0.146. The summed E-state index contributed by atoms with van der Waals surface area (Å²) in [7, 11) is -3.86. The number of carbonyl (C=O) groups is 3. The Morgan fingerprint density at radius 2 is 2.11 bits per heavy atom. The number of amides is 2. The van der Waals surface area contributed by atoms with Crippen molar-refractivity contribution in [1.29, 1.82) is 0 Å². The lowest BCUT2D eigenvalue weighted by atomic mass is 9.98. The van der Waals surface area contributed by atoms with Crippen LogP contribution in [-0.2, 0) is 40.3 Å². The largest absolute Gasteiger partial charge is 0.467 e. The molecule has 2 amide bonds. The SMILES string of the molecule is CCOC(=O)Cn1cc2c(n1)C(C(=O)OC)N1C[C@H]2N(OS(=O)(=O)O)C1=O. The predicted molar refractivity (Wildman–Crippen MR) is 82.9 cm³/mol. The molecule has 1 saturated heterocycles. The average molecular weight is 404 g/mol. The Morgan fingerprint density at radius 3 is 2.70 bits per heavy atom. The summed E-state index contributed by atoms with van der Waals surface area (Å²) in [6.45, 7) is 1.45. The molecule has 0 saturated carbocycles. The van der Waals surface area contributed by atoms with Gasteiger partial charge in [-0.1, -0.05) is 0 Å². The third-order valence-corrected chi connectivity index (χ3v) is 4.38. The number of nitrogens with zero attached hydrogens (tertiary/aromatic N) is 4. The van der Waals surface area contributed by atoms with Crippen LogP contribution >= 0.6 is 0 Å². The highest BCUT2D eigenvalue weighted by molar-refractivity contribution is 7.80. The topological polar surface area (TPSA) is 158 Å². The van der Waals surface area contributed by atoms with Gasteiger partial charge in [-0.3, -0.25) is 14.0 Å². The van der Waals surface area contributed by atoms with E-state index in [1.165, 1.54) is 10.9 Å². The van der Waals surface area contributed by atoms with Gasteiger partial charge in [-0.05, 0) is 6.92 Å². The second-order valence-corrected chi connectivity index (χ2v) is 6.68. The fraction of sp³-hybridized carbons (Fsp3) is 0.538. The van der Waals surface area contributed by atoms with Crippen LogP contribution in [0.2, 0.25) is 0 Å². The summed E-state index contributed by atoms with van der Waals surface area (Å²) >= 11 is 0. The van der Waals surface area contributed by atoms with E-state index in [1.54, 1.807) is 6.92 Å². The van der Waals surface area contributed by atoms with Gasteiger partial charge < -0.3 is 14.4 Å². The molecule has 3 rings (SSSR count). The first-order chi connectivity index (χ1) is 12.7. The molecule has 3 heterocycles. The monoisotopic (exact) mass is 404 g/mol. The summed E-state index contributed by atoms with van der Waals surface area (Å²) in [4.78, 5) is 37.3. The number of urea groups is 1. The number of hydrogen-bond donors (Lipinski definition) is 1. The first-order valence-electron chi connectivity index (χ1n) is 7.73. The van der Waals surface area contributed by atoms with E-state index >= 15 is 0 Å². The molecule has 1 aromatic heterocycles. The third-order valence-electron chi connectivity index (χ3n) is 4.03. The molecule has 1 aromatic rings. The second-order valence-electron chi connectivity index (χ2n) is 5.68. The van der Waals surface area contributed by atoms with Crippen LogP contribution in [0.3, 0.4) is 0 Å². The van der Waals surface area contributed by atoms with E-state index in [2.05, 4.69) is 9.38 Å². The molecule has 14 heteroatoms. The van der Waals surface area contributed by atoms with Crippen LogP contribution in [0.5, 0.6) is 0 Å². The number of fused-ring (bicyclic) bond motifs is 4. The van der Waals surface area contributed by atoms with Crippen LogP contribution < -0.4 is 0 Å². The van der Waals surface area contributed by atoms with Crippen LogP contribution in [0, 0.1) is 0 Å². The van der Waals surface area contributed by atoms with Gasteiger partial charge in [0, 0.05) is 11.8 Å². The van der Waals surface area contributed by atoms with Crippen LogP contribution in [0.15, 0.2) is 6.20 Å². The normalized spacial score (nSPS) is 21.2. The van der Waals surface area contributed by atoms with Crippen molar-refractivity contribution < 1.29 is 41.1 Å². The van der Waals surface area contributed by atoms with Crippen molar-refractivity contribution in [2.24, 2.45) is 0 Å². The fourth-order valence-electron chi connectivity index (χ4n) is 3.06. The van der Waals surface area contributed by atoms with Crippen molar-refractivity contribution in [2.75, 3.05) is 20.3 Å². The van der Waals surface area contributed by atoms with Crippen LogP contribution in [0.4, 0.5) is 4.79 Å². The van der Waals surface area contributed by atoms with Gasteiger partial charge in [0.05, 0.1) is 20.3 Å². The van der Waals surface area contributed by atoms with Crippen molar-refractivity contribution in [3.8, 4) is 0 Å². The zero-order chi connectivity index (χ0) is 19.9. The molecule has 2 atom stereocenters. The number of hydrogen-bond acceptors (Lipinski definition) is 9. The maximum atomic E-state index is 12.4. The van der Waals surface area contributed by atoms with Crippen molar-refractivity contribution in [1.82, 2.24) is 19.7 Å². The van der Waals surface area contributed by atoms with E-state index in [1.807, 2.05) is 0 Å². The third kappa shape index (κ3) is 3.45. The molecule has 2 aliphatic heterocycles. The van der Waals surface area contributed by atoms with Gasteiger partial charge in [0.2, 0.25) is 0 Å². The summed E-state index contributed by atoms with van der Waals surface area (Å²) in [6.07, 6.45) is 1.38. The molecular weight excluding hydrogens is 388 g/mol. The Bertz CT molecular complexity index is 896. The summed E-state index contributed by atoms with van der Waals surface area (Å²) < 4.78 is 46.2. The van der Waals surface area contributed by atoms with Gasteiger partial charge in [-0.2, -0.15) is 18.6 Å². The molecule has 13 nitrogen and oxygen atoms in total. The van der Waals surface area contributed by atoms with Gasteiger partial charge in [0.1, 0.15) is 18.3 Å². The Hall–Kier alpha value is -2.71. The van der Waals surface area contributed by atoms with E-state index in [4.69, 9.17) is 14.0 Å². The highest BCUT2D eigenvalue weighted by Gasteiger charge is 2.54. The van der Waals surface area contributed by atoms with Crippen molar-refractivity contribution in [3.63, 3.8) is 0 Å². The van der Waals surface area contributed by atoms with Crippen molar-refractivity contribution in [3.05, 3.63) is 17.5 Å². The summed E-state index contributed by atoms with van der Waals surface area (Å²) in [5.41, 5.74) is 0.387. The molecule has 0 aromatic carbocycles. The molecular formula is C13H16N4O9S. The summed E-state index contributed by atoms with van der Waals surface area (Å²) in [5, 5.41) is 4.59. The van der Waals surface area contributed by atoms with Crippen molar-refractivity contribution in [2.45, 2.75) is 25.6 Å². The van der Waals surface area contributed by atoms with Gasteiger partial charge in [-0.25, -0.2) is 9.59 Å². The van der Waals surface area contributed by atoms with E-state index in [0.717, 1.165) is 12.0 Å². The highest BCUT2D eigenvalue weighted by atomic mass is 32.3. The zero-order valence-corrected chi connectivity index (χ0v) is 15.1. The number of esters is 2. The van der Waals surface area contributed by atoms with Gasteiger partial charge >= 0.3 is 28.4 Å². The Balaban J connectivity index is 2.02. The molecule has 1 unspecified atom stereocenters. The predicted octanol–water partition coefficient (Wildman–Crippen LogP) is -0.813. The minimum Gasteiger partial charge on any atom is -0.467 e. The van der Waals surface area contributed by atoms with Gasteiger partial charge in [-0.15, -0.1) is 4.28 Å². The molecule has 1 N–H and O–H groups in total. The quantitative estimate of drug-likeness (QED) is 0.469. The van der Waals surface area contributed by atoms with Gasteiger partial charge in [0.15, 0.2) is 6.04 Å². The Morgan fingerprint density at radius 1 is 1.41 bits per heavy atom. The number of carbonyl (C=O) groups excluding carboxylic acids is 3. The van der Waals surface area contributed by atoms with E-state index in [9.17, 15) is 22.8 Å². The summed E-state index contributed by atoms with van der Waals surface area (Å²) in [5.74, 6) is -1.38. The van der Waals surface area contributed by atoms with Crippen LogP contribution in [0.1, 0.15) is 30.3 Å². The molecule has 0 aliphatic carbocycles. The highest BCUT2D eigenvalue weighted by Crippen LogP contribution is 2.44. The fourth-order valence-corrected chi connectivity index (χ4v) is 3.43. The summed E-state index contributed by atoms with van der Waals surface area (Å²) in [6, 6.07) is -3.18. The number of rotatable bonds is 6. The maximum Gasteiger partial charge on any atom is 0.418 e. The molecule has 0 radical (unpaired) electrons. The second kappa shape index (κ2) is 6.79. The lowest BCUT2D eigenvalue weighted by Gasteiger charge is -2.27. The number of hydroxylamine groups is 2. The number of aromatic nitrogens is 2. The van der Waals surface area contributed by atoms with Gasteiger partial charge in [0.25, 0.3) is 0 Å². The van der Waals surface area contributed by atoms with E-state index < -0.39 is 40.5 Å². The molecule has 1 fully saturated rings. The molecule has 2 aliphatic rings. The maximum absolute atomic E-state index is 12.4. The molecule has 2 bridgehead atoms. The molecule has 27 heavy (non-hydrogen) atoms. The Kier molecular flexibility index (Phi) is 4.79. The van der Waals surface area contributed by atoms with E-state index in [-0.39, 0.29) is 31.0 Å². The first kappa shape index (κ1) is 19.1. The number of ether oxygens (including phenoxy) is 2. The number of methoxy groups -OCH3 is 1. The zero-order valence-electron chi connectivity index (χ0n) is 14.3. The molecule has 148 valence electrons. The van der Waals surface area contributed by atoms with Crippen LogP contribution in [-0.4, -0.2) is 70.9 Å². The van der Waals surface area contributed by atoms with E-state index in [0.29, 0.717) is 5.06 Å². The standard InChI is InChI=1S/C13H16N4O9S/c1-3-25-9(18)6-15-4-7-8-5-16(11(10(7)14-15)12(19)24-2)13(20)17(8)26-27(21,22)23/h4,8,11H,3,5-6H2,1-2H3,(H,21,22,23)/t8-,11?/m1/s1. The first-order valence-corrected chi connectivity index (χ1v) is 9.10. The Labute approximate surface area is 153 Å². The average Bonchev–Trinajstić information content (AvgIpc) is 3.09. The van der Waals surface area contributed by atoms with Crippen LogP contribution in [0.25, 0.3) is 0 Å². The smallest absolute Gasteiger partial charge is 0.418 e. The van der Waals surface area contributed by atoms with Crippen molar-refractivity contribution >= 4 is 28.4 Å². The minimum absolute atomic E-state index is 0.105.